The van der Waals surface area contributed by atoms with Crippen molar-refractivity contribution in [1.29, 1.82) is 0 Å². The minimum Gasteiger partial charge on any atom is -0.496 e. The van der Waals surface area contributed by atoms with Crippen molar-refractivity contribution in [3.8, 4) is 17.0 Å². The monoisotopic (exact) mass is 260 g/mol. The summed E-state index contributed by atoms with van der Waals surface area (Å²) in [5.74, 6) is 1.33. The summed E-state index contributed by atoms with van der Waals surface area (Å²) in [6.07, 6.45) is 1.72. The molecular formula is C14H16N2OS. The molecule has 0 atom stereocenters. The molecule has 2 aromatic rings. The van der Waals surface area contributed by atoms with Crippen LogP contribution < -0.4 is 4.74 Å². The van der Waals surface area contributed by atoms with Crippen molar-refractivity contribution in [2.24, 2.45) is 0 Å². The predicted molar refractivity (Wildman–Crippen MR) is 75.5 cm³/mol. The number of hydrogen-bond donors (Lipinski definition) is 1. The number of benzene rings is 1. The van der Waals surface area contributed by atoms with Gasteiger partial charge in [0.2, 0.25) is 0 Å². The Morgan fingerprint density at radius 2 is 2.06 bits per heavy atom. The van der Waals surface area contributed by atoms with Crippen LogP contribution in [0.25, 0.3) is 11.3 Å². The maximum atomic E-state index is 5.38. The first-order valence-corrected chi connectivity index (χ1v) is 6.26. The smallest absolute Gasteiger partial charge is 0.197 e. The highest BCUT2D eigenvalue weighted by atomic mass is 32.1. The Balaban J connectivity index is 2.53. The second-order valence-electron chi connectivity index (χ2n) is 4.40. The number of nitrogens with zero attached hydrogens (tertiary/aromatic N) is 1. The van der Waals surface area contributed by atoms with Gasteiger partial charge >= 0.3 is 0 Å². The summed E-state index contributed by atoms with van der Waals surface area (Å²) in [6, 6.07) is 8.05. The zero-order valence-electron chi connectivity index (χ0n) is 10.7. The molecule has 0 aliphatic carbocycles. The first-order chi connectivity index (χ1) is 8.61. The van der Waals surface area contributed by atoms with Crippen LogP contribution in [-0.4, -0.2) is 17.1 Å². The van der Waals surface area contributed by atoms with Crippen LogP contribution in [0, 0.1) is 4.77 Å². The van der Waals surface area contributed by atoms with Crippen LogP contribution in [0.3, 0.4) is 0 Å². The quantitative estimate of drug-likeness (QED) is 0.849. The standard InChI is InChI=1S/C14H16N2OS/c1-9(2)11-8-10(4-5-13(11)17-3)12-6-7-15-14(18)16-12/h4-9H,1-3H3,(H,15,16,18). The predicted octanol–water partition coefficient (Wildman–Crippen LogP) is 3.94. The van der Waals surface area contributed by atoms with E-state index in [9.17, 15) is 0 Å². The molecule has 0 saturated heterocycles. The van der Waals surface area contributed by atoms with E-state index in [-0.39, 0.29) is 0 Å². The summed E-state index contributed by atoms with van der Waals surface area (Å²) in [7, 11) is 1.70. The summed E-state index contributed by atoms with van der Waals surface area (Å²) in [5, 5.41) is 0. The molecule has 0 aliphatic rings. The summed E-state index contributed by atoms with van der Waals surface area (Å²) >= 11 is 5.04. The molecule has 1 heterocycles. The molecule has 2 rings (SSSR count). The third-order valence-corrected chi connectivity index (χ3v) is 3.04. The SMILES string of the molecule is COc1ccc(-c2ccnc(=S)[nH]2)cc1C(C)C. The average molecular weight is 260 g/mol. The van der Waals surface area contributed by atoms with E-state index in [1.54, 1.807) is 13.3 Å². The number of nitrogens with one attached hydrogen (secondary N) is 1. The fourth-order valence-electron chi connectivity index (χ4n) is 1.89. The molecule has 0 fully saturated rings. The van der Waals surface area contributed by atoms with Gasteiger partial charge in [0.15, 0.2) is 4.77 Å². The largest absolute Gasteiger partial charge is 0.496 e. The molecule has 1 aromatic heterocycles. The molecule has 1 aromatic carbocycles. The summed E-state index contributed by atoms with van der Waals surface area (Å²) in [4.78, 5) is 7.08. The third kappa shape index (κ3) is 2.59. The average Bonchev–Trinajstić information content (AvgIpc) is 2.38. The molecule has 0 amide bonds. The number of methoxy groups -OCH3 is 1. The Labute approximate surface area is 112 Å². The van der Waals surface area contributed by atoms with Gasteiger partial charge in [0.05, 0.1) is 7.11 Å². The van der Waals surface area contributed by atoms with E-state index in [4.69, 9.17) is 17.0 Å². The van der Waals surface area contributed by atoms with E-state index >= 15 is 0 Å². The van der Waals surface area contributed by atoms with Gasteiger partial charge in [0, 0.05) is 11.9 Å². The number of aromatic nitrogens is 2. The molecule has 18 heavy (non-hydrogen) atoms. The first kappa shape index (κ1) is 12.8. The molecule has 1 N–H and O–H groups in total. The van der Waals surface area contributed by atoms with Gasteiger partial charge in [-0.1, -0.05) is 13.8 Å². The van der Waals surface area contributed by atoms with E-state index in [1.165, 1.54) is 5.56 Å². The zero-order chi connectivity index (χ0) is 13.1. The van der Waals surface area contributed by atoms with Gasteiger partial charge in [0.1, 0.15) is 5.75 Å². The van der Waals surface area contributed by atoms with Gasteiger partial charge in [0.25, 0.3) is 0 Å². The van der Waals surface area contributed by atoms with Crippen LogP contribution in [0.4, 0.5) is 0 Å². The summed E-state index contributed by atoms with van der Waals surface area (Å²) in [6.45, 7) is 4.30. The third-order valence-electron chi connectivity index (χ3n) is 2.84. The Bertz CT molecular complexity index is 605. The number of ether oxygens (including phenoxy) is 1. The Hall–Kier alpha value is -1.68. The van der Waals surface area contributed by atoms with E-state index < -0.39 is 0 Å². The highest BCUT2D eigenvalue weighted by Crippen LogP contribution is 2.30. The van der Waals surface area contributed by atoms with Gasteiger partial charge in [-0.3, -0.25) is 0 Å². The molecule has 0 spiro atoms. The van der Waals surface area contributed by atoms with Crippen molar-refractivity contribution in [3.63, 3.8) is 0 Å². The maximum absolute atomic E-state index is 5.38. The fraction of sp³-hybridized carbons (Fsp3) is 0.286. The van der Waals surface area contributed by atoms with Crippen molar-refractivity contribution in [2.45, 2.75) is 19.8 Å². The number of H-pyrrole nitrogens is 1. The van der Waals surface area contributed by atoms with Crippen LogP contribution in [0.2, 0.25) is 0 Å². The van der Waals surface area contributed by atoms with Gasteiger partial charge < -0.3 is 9.72 Å². The van der Waals surface area contributed by atoms with Crippen molar-refractivity contribution in [3.05, 3.63) is 40.8 Å². The van der Waals surface area contributed by atoms with Crippen LogP contribution in [0.1, 0.15) is 25.3 Å². The minimum absolute atomic E-state index is 0.407. The van der Waals surface area contributed by atoms with E-state index in [2.05, 4.69) is 29.9 Å². The minimum atomic E-state index is 0.407. The fourth-order valence-corrected chi connectivity index (χ4v) is 2.06. The van der Waals surface area contributed by atoms with E-state index in [0.29, 0.717) is 10.7 Å². The highest BCUT2D eigenvalue weighted by molar-refractivity contribution is 7.71. The van der Waals surface area contributed by atoms with Crippen LogP contribution in [0.15, 0.2) is 30.5 Å². The molecule has 0 unspecified atom stereocenters. The lowest BCUT2D eigenvalue weighted by Crippen LogP contribution is -1.95. The molecule has 0 radical (unpaired) electrons. The van der Waals surface area contributed by atoms with Crippen LogP contribution in [0.5, 0.6) is 5.75 Å². The number of rotatable bonds is 3. The second-order valence-corrected chi connectivity index (χ2v) is 4.79. The number of aromatic amines is 1. The van der Waals surface area contributed by atoms with Crippen molar-refractivity contribution >= 4 is 12.2 Å². The summed E-state index contributed by atoms with van der Waals surface area (Å²) < 4.78 is 5.87. The second kappa shape index (κ2) is 5.31. The van der Waals surface area contributed by atoms with Crippen LogP contribution >= 0.6 is 12.2 Å². The van der Waals surface area contributed by atoms with Gasteiger partial charge in [-0.15, -0.1) is 0 Å². The zero-order valence-corrected chi connectivity index (χ0v) is 11.5. The molecule has 0 bridgehead atoms. The maximum Gasteiger partial charge on any atom is 0.197 e. The normalized spacial score (nSPS) is 10.7. The van der Waals surface area contributed by atoms with Gasteiger partial charge in [-0.2, -0.15) is 0 Å². The van der Waals surface area contributed by atoms with Gasteiger partial charge in [-0.05, 0) is 53.5 Å². The molecule has 3 nitrogen and oxygen atoms in total. The summed E-state index contributed by atoms with van der Waals surface area (Å²) in [5.41, 5.74) is 3.25. The Kier molecular flexibility index (Phi) is 3.77. The van der Waals surface area contributed by atoms with E-state index in [0.717, 1.165) is 17.0 Å². The topological polar surface area (TPSA) is 37.9 Å². The molecular weight excluding hydrogens is 244 g/mol. The lowest BCUT2D eigenvalue weighted by atomic mass is 9.98. The molecule has 0 aliphatic heterocycles. The van der Waals surface area contributed by atoms with Crippen molar-refractivity contribution in [2.75, 3.05) is 7.11 Å². The molecule has 94 valence electrons. The Morgan fingerprint density at radius 1 is 1.28 bits per heavy atom. The van der Waals surface area contributed by atoms with E-state index in [1.807, 2.05) is 18.2 Å². The lowest BCUT2D eigenvalue weighted by Gasteiger charge is -2.13. The van der Waals surface area contributed by atoms with Crippen LogP contribution in [-0.2, 0) is 0 Å². The molecule has 4 heteroatoms. The first-order valence-electron chi connectivity index (χ1n) is 5.85. The van der Waals surface area contributed by atoms with Crippen molar-refractivity contribution < 1.29 is 4.74 Å². The Morgan fingerprint density at radius 3 is 2.67 bits per heavy atom. The van der Waals surface area contributed by atoms with Gasteiger partial charge in [-0.25, -0.2) is 4.98 Å². The molecule has 0 saturated carbocycles. The highest BCUT2D eigenvalue weighted by Gasteiger charge is 2.09. The lowest BCUT2D eigenvalue weighted by molar-refractivity contribution is 0.407. The number of hydrogen-bond acceptors (Lipinski definition) is 3. The van der Waals surface area contributed by atoms with Crippen molar-refractivity contribution in [1.82, 2.24) is 9.97 Å².